The Morgan fingerprint density at radius 3 is 2.85 bits per heavy atom. The summed E-state index contributed by atoms with van der Waals surface area (Å²) in [6.45, 7) is 3.10. The monoisotopic (exact) mass is 314 g/mol. The lowest BCUT2D eigenvalue weighted by atomic mass is 10.2. The molecular weight excluding hydrogens is 302 g/mol. The first-order chi connectivity index (χ1) is 9.61. The van der Waals surface area contributed by atoms with Crippen molar-refractivity contribution in [2.24, 2.45) is 0 Å². The summed E-state index contributed by atoms with van der Waals surface area (Å²) >= 11 is 11.8. The van der Waals surface area contributed by atoms with Crippen LogP contribution in [-0.2, 0) is 6.54 Å². The average molecular weight is 315 g/mol. The van der Waals surface area contributed by atoms with Crippen molar-refractivity contribution in [3.8, 4) is 11.6 Å². The fraction of sp³-hybridized carbons (Fsp3) is 0.214. The van der Waals surface area contributed by atoms with Crippen LogP contribution in [0.4, 0.5) is 4.39 Å². The fourth-order valence-corrected chi connectivity index (χ4v) is 1.91. The maximum absolute atomic E-state index is 14.2. The molecule has 1 N–H and O–H groups in total. The Hall–Kier alpha value is -1.36. The van der Waals surface area contributed by atoms with Crippen LogP contribution in [0, 0.1) is 5.82 Å². The first-order valence-electron chi connectivity index (χ1n) is 6.08. The van der Waals surface area contributed by atoms with E-state index in [2.05, 4.69) is 10.3 Å². The van der Waals surface area contributed by atoms with Gasteiger partial charge in [-0.1, -0.05) is 30.1 Å². The fourth-order valence-electron chi connectivity index (χ4n) is 1.59. The van der Waals surface area contributed by atoms with Crippen LogP contribution >= 0.6 is 23.2 Å². The van der Waals surface area contributed by atoms with E-state index in [1.165, 1.54) is 12.3 Å². The highest BCUT2D eigenvalue weighted by atomic mass is 35.5. The Bertz CT molecular complexity index is 608. The van der Waals surface area contributed by atoms with Gasteiger partial charge in [-0.25, -0.2) is 9.37 Å². The Balaban J connectivity index is 2.27. The lowest BCUT2D eigenvalue weighted by Crippen LogP contribution is -2.13. The number of ether oxygens (including phenoxy) is 1. The summed E-state index contributed by atoms with van der Waals surface area (Å²) < 4.78 is 19.6. The first kappa shape index (κ1) is 15.0. The summed E-state index contributed by atoms with van der Waals surface area (Å²) in [6, 6.07) is 6.33. The van der Waals surface area contributed by atoms with Crippen LogP contribution < -0.4 is 10.1 Å². The van der Waals surface area contributed by atoms with Gasteiger partial charge in [-0.3, -0.25) is 0 Å². The van der Waals surface area contributed by atoms with Gasteiger partial charge in [0.05, 0.1) is 5.02 Å². The van der Waals surface area contributed by atoms with Crippen molar-refractivity contribution in [1.82, 2.24) is 10.3 Å². The number of benzene rings is 1. The van der Waals surface area contributed by atoms with Crippen LogP contribution in [0.25, 0.3) is 0 Å². The van der Waals surface area contributed by atoms with Gasteiger partial charge >= 0.3 is 0 Å². The van der Waals surface area contributed by atoms with Gasteiger partial charge in [-0.05, 0) is 24.7 Å². The van der Waals surface area contributed by atoms with E-state index in [4.69, 9.17) is 27.9 Å². The molecule has 0 saturated heterocycles. The van der Waals surface area contributed by atoms with Gasteiger partial charge in [0, 0.05) is 29.4 Å². The minimum Gasteiger partial charge on any atom is -0.435 e. The van der Waals surface area contributed by atoms with Crippen LogP contribution in [0.15, 0.2) is 30.5 Å². The number of rotatable bonds is 5. The van der Waals surface area contributed by atoms with Gasteiger partial charge in [-0.15, -0.1) is 0 Å². The van der Waals surface area contributed by atoms with Crippen LogP contribution in [0.2, 0.25) is 10.0 Å². The van der Waals surface area contributed by atoms with Crippen LogP contribution in [0.1, 0.15) is 12.5 Å². The Kier molecular flexibility index (Phi) is 5.17. The second-order valence-electron chi connectivity index (χ2n) is 4.05. The molecule has 0 aliphatic carbocycles. The third-order valence-electron chi connectivity index (χ3n) is 2.60. The first-order valence-corrected chi connectivity index (χ1v) is 6.84. The molecule has 1 aromatic heterocycles. The van der Waals surface area contributed by atoms with Crippen molar-refractivity contribution in [2.45, 2.75) is 13.5 Å². The highest BCUT2D eigenvalue weighted by molar-refractivity contribution is 6.34. The van der Waals surface area contributed by atoms with E-state index in [9.17, 15) is 4.39 Å². The number of nitrogens with zero attached hydrogens (tertiary/aromatic N) is 1. The van der Waals surface area contributed by atoms with Crippen molar-refractivity contribution < 1.29 is 9.13 Å². The Morgan fingerprint density at radius 1 is 1.30 bits per heavy atom. The summed E-state index contributed by atoms with van der Waals surface area (Å²) in [4.78, 5) is 3.89. The summed E-state index contributed by atoms with van der Waals surface area (Å²) in [5.74, 6) is -0.361. The van der Waals surface area contributed by atoms with Gasteiger partial charge in [0.2, 0.25) is 0 Å². The Morgan fingerprint density at radius 2 is 2.10 bits per heavy atom. The van der Waals surface area contributed by atoms with E-state index >= 15 is 0 Å². The number of halogens is 3. The molecule has 0 fully saturated rings. The molecule has 3 nitrogen and oxygen atoms in total. The van der Waals surface area contributed by atoms with Crippen molar-refractivity contribution in [1.29, 1.82) is 0 Å². The summed E-state index contributed by atoms with van der Waals surface area (Å²) in [5, 5.41) is 3.84. The van der Waals surface area contributed by atoms with Crippen LogP contribution in [-0.4, -0.2) is 11.5 Å². The van der Waals surface area contributed by atoms with Crippen LogP contribution in [0.5, 0.6) is 11.6 Å². The third-order valence-corrected chi connectivity index (χ3v) is 3.15. The highest BCUT2D eigenvalue weighted by Gasteiger charge is 2.13. The molecule has 1 heterocycles. The molecule has 0 bridgehead atoms. The third kappa shape index (κ3) is 3.60. The van der Waals surface area contributed by atoms with Gasteiger partial charge in [0.1, 0.15) is 5.75 Å². The van der Waals surface area contributed by atoms with Crippen molar-refractivity contribution >= 4 is 23.2 Å². The lowest BCUT2D eigenvalue weighted by molar-refractivity contribution is 0.418. The minimum absolute atomic E-state index is 0.121. The zero-order valence-corrected chi connectivity index (χ0v) is 12.3. The minimum atomic E-state index is -0.510. The van der Waals surface area contributed by atoms with Crippen molar-refractivity contribution in [2.75, 3.05) is 6.54 Å². The maximum Gasteiger partial charge on any atom is 0.256 e. The molecule has 20 heavy (non-hydrogen) atoms. The molecular formula is C14H13Cl2FN2O. The summed E-state index contributed by atoms with van der Waals surface area (Å²) in [7, 11) is 0. The SMILES string of the molecule is CCNCc1ccnc(Oc2cc(Cl)ccc2Cl)c1F. The topological polar surface area (TPSA) is 34.2 Å². The molecule has 0 atom stereocenters. The molecule has 0 aliphatic rings. The van der Waals surface area contributed by atoms with Gasteiger partial charge in [-0.2, -0.15) is 0 Å². The standard InChI is InChI=1S/C14H13Cl2FN2O/c1-2-18-8-9-5-6-19-14(13(9)17)20-12-7-10(15)3-4-11(12)16/h3-7,18H,2,8H2,1H3. The van der Waals surface area contributed by atoms with E-state index < -0.39 is 5.82 Å². The van der Waals surface area contributed by atoms with E-state index in [-0.39, 0.29) is 11.6 Å². The van der Waals surface area contributed by atoms with Gasteiger partial charge in [0.25, 0.3) is 5.88 Å². The molecule has 106 valence electrons. The molecule has 2 aromatic rings. The van der Waals surface area contributed by atoms with Gasteiger partial charge in [0.15, 0.2) is 5.82 Å². The number of pyridine rings is 1. The predicted molar refractivity (Wildman–Crippen MR) is 78.1 cm³/mol. The quantitative estimate of drug-likeness (QED) is 0.886. The maximum atomic E-state index is 14.2. The lowest BCUT2D eigenvalue weighted by Gasteiger charge is -2.10. The Labute approximate surface area is 126 Å². The molecule has 0 saturated carbocycles. The molecule has 2 rings (SSSR count). The van der Waals surface area contributed by atoms with E-state index in [1.54, 1.807) is 18.2 Å². The largest absolute Gasteiger partial charge is 0.435 e. The molecule has 0 radical (unpaired) electrons. The average Bonchev–Trinajstić information content (AvgIpc) is 2.44. The second kappa shape index (κ2) is 6.88. The van der Waals surface area contributed by atoms with E-state index in [0.717, 1.165) is 6.54 Å². The smallest absolute Gasteiger partial charge is 0.256 e. The predicted octanol–water partition coefficient (Wildman–Crippen LogP) is 4.43. The molecule has 0 aliphatic heterocycles. The number of aromatic nitrogens is 1. The summed E-state index contributed by atoms with van der Waals surface area (Å²) in [5.41, 5.74) is 0.481. The number of hydrogen-bond donors (Lipinski definition) is 1. The molecule has 6 heteroatoms. The van der Waals surface area contributed by atoms with Gasteiger partial charge < -0.3 is 10.1 Å². The number of nitrogens with one attached hydrogen (secondary N) is 1. The molecule has 0 spiro atoms. The second-order valence-corrected chi connectivity index (χ2v) is 4.89. The van der Waals surface area contributed by atoms with Crippen molar-refractivity contribution in [3.05, 3.63) is 51.9 Å². The van der Waals surface area contributed by atoms with E-state index in [0.29, 0.717) is 22.2 Å². The van der Waals surface area contributed by atoms with Crippen molar-refractivity contribution in [3.63, 3.8) is 0 Å². The zero-order chi connectivity index (χ0) is 14.5. The molecule has 0 unspecified atom stereocenters. The van der Waals surface area contributed by atoms with Crippen LogP contribution in [0.3, 0.4) is 0 Å². The molecule has 0 amide bonds. The van der Waals surface area contributed by atoms with E-state index in [1.807, 2.05) is 6.92 Å². The summed E-state index contributed by atoms with van der Waals surface area (Å²) in [6.07, 6.45) is 1.49. The normalized spacial score (nSPS) is 10.6. The highest BCUT2D eigenvalue weighted by Crippen LogP contribution is 2.32. The number of hydrogen-bond acceptors (Lipinski definition) is 3. The zero-order valence-electron chi connectivity index (χ0n) is 10.8. The molecule has 1 aromatic carbocycles.